The largest absolute Gasteiger partial charge is 0.478 e. The number of benzene rings is 2. The lowest BCUT2D eigenvalue weighted by Gasteiger charge is -2.47. The van der Waals surface area contributed by atoms with E-state index in [4.69, 9.17) is 14.6 Å². The maximum absolute atomic E-state index is 12.6. The summed E-state index contributed by atoms with van der Waals surface area (Å²) in [6, 6.07) is 7.27. The number of carbonyl (C=O) groups is 2. The fourth-order valence-electron chi connectivity index (χ4n) is 5.82. The van der Waals surface area contributed by atoms with Gasteiger partial charge in [-0.2, -0.15) is 0 Å². The highest BCUT2D eigenvalue weighted by Gasteiger charge is 2.42. The second kappa shape index (κ2) is 13.7. The van der Waals surface area contributed by atoms with Gasteiger partial charge >= 0.3 is 5.97 Å². The van der Waals surface area contributed by atoms with Crippen LogP contribution in [0.25, 0.3) is 0 Å². The van der Waals surface area contributed by atoms with Crippen LogP contribution in [0.3, 0.4) is 0 Å². The van der Waals surface area contributed by atoms with Crippen LogP contribution in [0.1, 0.15) is 68.7 Å². The van der Waals surface area contributed by atoms with Crippen molar-refractivity contribution in [2.75, 3.05) is 52.6 Å². The third-order valence-electron chi connectivity index (χ3n) is 8.78. The van der Waals surface area contributed by atoms with Gasteiger partial charge in [0, 0.05) is 38.4 Å². The van der Waals surface area contributed by atoms with E-state index < -0.39 is 5.97 Å². The number of nitrogens with zero attached hydrogens (tertiary/aromatic N) is 1. The molecule has 0 unspecified atom stereocenters. The second-order valence-corrected chi connectivity index (χ2v) is 13.8. The summed E-state index contributed by atoms with van der Waals surface area (Å²) in [6.45, 7) is 15.7. The molecule has 2 aromatic rings. The normalized spacial score (nSPS) is 20.1. The predicted octanol–water partition coefficient (Wildman–Crippen LogP) is 6.47. The van der Waals surface area contributed by atoms with Crippen molar-refractivity contribution in [3.63, 3.8) is 0 Å². The molecule has 4 aliphatic rings. The molecule has 0 radical (unpaired) electrons. The first kappa shape index (κ1) is 32.1. The van der Waals surface area contributed by atoms with Crippen LogP contribution in [0.15, 0.2) is 33.2 Å². The highest BCUT2D eigenvalue weighted by molar-refractivity contribution is 9.10. The first-order chi connectivity index (χ1) is 19.4. The Hall–Kier alpha value is -1.78. The Labute approximate surface area is 260 Å². The lowest BCUT2D eigenvalue weighted by molar-refractivity contribution is -0.136. The molecule has 0 bridgehead atoms. The van der Waals surface area contributed by atoms with Crippen molar-refractivity contribution in [1.82, 2.24) is 10.2 Å². The Bertz CT molecular complexity index is 1210. The Morgan fingerprint density at radius 3 is 1.46 bits per heavy atom. The molecule has 0 atom stereocenters. The molecule has 9 heteroatoms. The minimum absolute atomic E-state index is 0.166. The van der Waals surface area contributed by atoms with Gasteiger partial charge < -0.3 is 24.8 Å². The van der Waals surface area contributed by atoms with Gasteiger partial charge in [0.2, 0.25) is 0 Å². The van der Waals surface area contributed by atoms with Crippen molar-refractivity contribution >= 4 is 43.7 Å². The Balaban J connectivity index is 0.000000156. The maximum Gasteiger partial charge on any atom is 0.335 e. The topological polar surface area (TPSA) is 88.1 Å². The average molecular weight is 695 g/mol. The summed E-state index contributed by atoms with van der Waals surface area (Å²) in [4.78, 5) is 25.2. The molecule has 0 aromatic heterocycles. The van der Waals surface area contributed by atoms with Crippen LogP contribution in [0.4, 0.5) is 0 Å². The molecule has 2 N–H and O–H groups in total. The molecule has 7 nitrogen and oxygen atoms in total. The molecule has 4 saturated heterocycles. The smallest absolute Gasteiger partial charge is 0.335 e. The number of nitrogens with one attached hydrogen (secondary N) is 1. The number of hydrogen-bond donors (Lipinski definition) is 2. The molecule has 6 rings (SSSR count). The zero-order valence-corrected chi connectivity index (χ0v) is 27.8. The molecule has 2 spiro atoms. The summed E-state index contributed by atoms with van der Waals surface area (Å²) in [5, 5.41) is 12.1. The maximum atomic E-state index is 12.6. The van der Waals surface area contributed by atoms with Crippen molar-refractivity contribution in [1.29, 1.82) is 0 Å². The fraction of sp³-hybridized carbons (Fsp3) is 0.562. The van der Waals surface area contributed by atoms with Crippen LogP contribution in [-0.4, -0.2) is 74.5 Å². The summed E-state index contributed by atoms with van der Waals surface area (Å²) in [5.74, 6) is -0.715. The minimum atomic E-state index is -0.881. The van der Waals surface area contributed by atoms with E-state index in [0.29, 0.717) is 16.4 Å². The number of carboxylic acids is 1. The molecule has 4 heterocycles. The van der Waals surface area contributed by atoms with Crippen LogP contribution in [0.5, 0.6) is 0 Å². The SMILES string of the molecule is C1CC2(CCN1)COC2.Cc1cc(C(=O)N2CCC3(CC2)COC3)cc(C)c1Br.Cc1cc(C(=O)O)cc(C)c1Br. The monoisotopic (exact) mass is 692 g/mol. The van der Waals surface area contributed by atoms with E-state index in [0.717, 1.165) is 89.1 Å². The Morgan fingerprint density at radius 2 is 1.12 bits per heavy atom. The standard InChI is InChI=1S/C16H20BrNO2.C9H9BrO2.C7H13NO/c1-11-7-13(8-12(2)14(11)17)15(19)18-5-3-16(4-6-18)9-20-10-16;1-5-3-7(9(11)12)4-6(2)8(5)10;1-3-8-4-2-7(1)5-9-6-7/h7-8H,3-6,9-10H2,1-2H3;3-4H,1-2H3,(H,11,12);8H,1-6H2. The molecule has 4 aliphatic heterocycles. The van der Waals surface area contributed by atoms with Crippen LogP contribution >= 0.6 is 31.9 Å². The van der Waals surface area contributed by atoms with Crippen molar-refractivity contribution in [3.8, 4) is 0 Å². The van der Waals surface area contributed by atoms with E-state index in [1.165, 1.54) is 25.9 Å². The van der Waals surface area contributed by atoms with Crippen molar-refractivity contribution in [3.05, 3.63) is 66.6 Å². The summed E-state index contributed by atoms with van der Waals surface area (Å²) in [5.41, 5.74) is 6.29. The number of carbonyl (C=O) groups excluding carboxylic acids is 1. The van der Waals surface area contributed by atoms with E-state index in [2.05, 4.69) is 37.2 Å². The zero-order valence-electron chi connectivity index (χ0n) is 24.6. The van der Waals surface area contributed by atoms with Gasteiger partial charge in [-0.3, -0.25) is 4.79 Å². The number of piperidine rings is 2. The number of likely N-dealkylation sites (tertiary alicyclic amines) is 1. The van der Waals surface area contributed by atoms with Gasteiger partial charge in [0.1, 0.15) is 0 Å². The first-order valence-electron chi connectivity index (χ1n) is 14.4. The van der Waals surface area contributed by atoms with Gasteiger partial charge in [0.25, 0.3) is 5.91 Å². The molecular weight excluding hydrogens is 652 g/mol. The van der Waals surface area contributed by atoms with E-state index in [9.17, 15) is 9.59 Å². The summed E-state index contributed by atoms with van der Waals surface area (Å²) in [6.07, 6.45) is 4.81. The number of amides is 1. The van der Waals surface area contributed by atoms with Gasteiger partial charge in [0.05, 0.1) is 32.0 Å². The Morgan fingerprint density at radius 1 is 0.732 bits per heavy atom. The molecule has 41 heavy (non-hydrogen) atoms. The van der Waals surface area contributed by atoms with Crippen LogP contribution in [0.2, 0.25) is 0 Å². The number of halogens is 2. The zero-order chi connectivity index (χ0) is 29.8. The van der Waals surface area contributed by atoms with Crippen molar-refractivity contribution in [2.24, 2.45) is 10.8 Å². The van der Waals surface area contributed by atoms with Crippen LogP contribution < -0.4 is 5.32 Å². The average Bonchev–Trinajstić information content (AvgIpc) is 2.93. The lowest BCUT2D eigenvalue weighted by Crippen LogP contribution is -2.52. The summed E-state index contributed by atoms with van der Waals surface area (Å²) >= 11 is 6.92. The molecule has 1 amide bonds. The third kappa shape index (κ3) is 7.79. The van der Waals surface area contributed by atoms with Crippen molar-refractivity contribution < 1.29 is 24.2 Å². The number of hydrogen-bond acceptors (Lipinski definition) is 5. The van der Waals surface area contributed by atoms with Crippen LogP contribution in [0, 0.1) is 38.5 Å². The van der Waals surface area contributed by atoms with Crippen LogP contribution in [-0.2, 0) is 9.47 Å². The van der Waals surface area contributed by atoms with Gasteiger partial charge in [-0.15, -0.1) is 0 Å². The lowest BCUT2D eigenvalue weighted by atomic mass is 9.77. The summed E-state index contributed by atoms with van der Waals surface area (Å²) in [7, 11) is 0. The molecule has 224 valence electrons. The highest BCUT2D eigenvalue weighted by atomic mass is 79.9. The molecule has 0 saturated carbocycles. The van der Waals surface area contributed by atoms with Crippen molar-refractivity contribution in [2.45, 2.75) is 53.4 Å². The van der Waals surface area contributed by atoms with Gasteiger partial charge in [-0.1, -0.05) is 31.9 Å². The number of aryl methyl sites for hydroxylation is 4. The molecular formula is C32H42Br2N2O5. The number of carboxylic acid groups (broad SMARTS) is 1. The predicted molar refractivity (Wildman–Crippen MR) is 168 cm³/mol. The number of aromatic carboxylic acids is 1. The molecule has 4 fully saturated rings. The quantitative estimate of drug-likeness (QED) is 0.375. The molecule has 0 aliphatic carbocycles. The van der Waals surface area contributed by atoms with E-state index in [1.54, 1.807) is 12.1 Å². The van der Waals surface area contributed by atoms with Gasteiger partial charge in [-0.25, -0.2) is 4.79 Å². The summed E-state index contributed by atoms with van der Waals surface area (Å²) < 4.78 is 12.6. The molecule has 2 aromatic carbocycles. The van der Waals surface area contributed by atoms with E-state index >= 15 is 0 Å². The number of ether oxygens (including phenoxy) is 2. The van der Waals surface area contributed by atoms with E-state index in [-0.39, 0.29) is 5.91 Å². The van der Waals surface area contributed by atoms with Gasteiger partial charge in [0.15, 0.2) is 0 Å². The van der Waals surface area contributed by atoms with Gasteiger partial charge in [-0.05, 0) is 113 Å². The van der Waals surface area contributed by atoms with E-state index in [1.807, 2.05) is 44.7 Å². The minimum Gasteiger partial charge on any atom is -0.478 e. The highest BCUT2D eigenvalue weighted by Crippen LogP contribution is 2.39. The Kier molecular flexibility index (Phi) is 10.7. The third-order valence-corrected chi connectivity index (χ3v) is 11.3. The number of rotatable bonds is 2. The first-order valence-corrected chi connectivity index (χ1v) is 16.0. The second-order valence-electron chi connectivity index (χ2n) is 12.2. The fourth-order valence-corrected chi connectivity index (χ4v) is 6.28.